The van der Waals surface area contributed by atoms with Gasteiger partial charge in [0.25, 0.3) is 5.91 Å². The number of carbonyl (C=O) groups is 1. The molecule has 0 aliphatic carbocycles. The molecule has 0 aliphatic rings. The van der Waals surface area contributed by atoms with Crippen LogP contribution >= 0.6 is 0 Å². The van der Waals surface area contributed by atoms with Crippen LogP contribution in [-0.2, 0) is 0 Å². The topological polar surface area (TPSA) is 80.9 Å². The van der Waals surface area contributed by atoms with E-state index in [1.54, 1.807) is 19.1 Å². The number of rotatable bonds is 1. The lowest BCUT2D eigenvalue weighted by molar-refractivity contribution is 0.0960. The Labute approximate surface area is 123 Å². The summed E-state index contributed by atoms with van der Waals surface area (Å²) in [6.07, 6.45) is 0. The fourth-order valence-corrected chi connectivity index (χ4v) is 2.23. The molecule has 7 heteroatoms. The summed E-state index contributed by atoms with van der Waals surface area (Å²) in [6, 6.07) is 5.84. The number of aryl methyl sites for hydroxylation is 1. The molecule has 0 amide bonds. The standard InChI is InChI=1S/C15H11F2N3O2/c1-7-4-13-12(6-11(7)18)19-15(22)20(13)14(21)8-2-3-9(16)10(17)5-8/h2-6H,18H2,1H3,(H,19,22). The second-order valence-corrected chi connectivity index (χ2v) is 4.93. The summed E-state index contributed by atoms with van der Waals surface area (Å²) in [4.78, 5) is 26.9. The number of carbonyl (C=O) groups excluding carboxylic acids is 1. The molecule has 0 unspecified atom stereocenters. The minimum Gasteiger partial charge on any atom is -0.398 e. The summed E-state index contributed by atoms with van der Waals surface area (Å²) in [6.45, 7) is 1.73. The normalized spacial score (nSPS) is 11.0. The number of nitrogens with two attached hydrogens (primary N) is 1. The first-order valence-electron chi connectivity index (χ1n) is 6.39. The number of hydrogen-bond acceptors (Lipinski definition) is 3. The number of benzene rings is 2. The van der Waals surface area contributed by atoms with Crippen LogP contribution in [0.15, 0.2) is 35.1 Å². The van der Waals surface area contributed by atoms with Gasteiger partial charge in [-0.3, -0.25) is 4.79 Å². The molecule has 0 saturated heterocycles. The van der Waals surface area contributed by atoms with E-state index in [9.17, 15) is 18.4 Å². The monoisotopic (exact) mass is 303 g/mol. The van der Waals surface area contributed by atoms with Gasteiger partial charge >= 0.3 is 5.69 Å². The zero-order valence-corrected chi connectivity index (χ0v) is 11.5. The van der Waals surface area contributed by atoms with Crippen molar-refractivity contribution < 1.29 is 13.6 Å². The van der Waals surface area contributed by atoms with Crippen molar-refractivity contribution in [1.29, 1.82) is 0 Å². The van der Waals surface area contributed by atoms with Gasteiger partial charge in [-0.05, 0) is 42.8 Å². The first-order valence-corrected chi connectivity index (χ1v) is 6.39. The van der Waals surface area contributed by atoms with Crippen LogP contribution in [0.2, 0.25) is 0 Å². The number of aromatic nitrogens is 2. The first kappa shape index (κ1) is 14.0. The van der Waals surface area contributed by atoms with Gasteiger partial charge in [0.15, 0.2) is 11.6 Å². The Hall–Kier alpha value is -2.96. The van der Waals surface area contributed by atoms with Crippen LogP contribution in [0.25, 0.3) is 11.0 Å². The van der Waals surface area contributed by atoms with E-state index in [0.29, 0.717) is 22.3 Å². The van der Waals surface area contributed by atoms with Gasteiger partial charge in [-0.2, -0.15) is 0 Å². The quantitative estimate of drug-likeness (QED) is 0.676. The minimum absolute atomic E-state index is 0.128. The van der Waals surface area contributed by atoms with E-state index in [1.165, 1.54) is 0 Å². The summed E-state index contributed by atoms with van der Waals surface area (Å²) in [7, 11) is 0. The van der Waals surface area contributed by atoms with Crippen LogP contribution in [0.3, 0.4) is 0 Å². The molecule has 3 aromatic rings. The highest BCUT2D eigenvalue weighted by molar-refractivity contribution is 6.01. The van der Waals surface area contributed by atoms with Crippen molar-refractivity contribution >= 4 is 22.6 Å². The minimum atomic E-state index is -1.15. The number of hydrogen-bond donors (Lipinski definition) is 2. The Morgan fingerprint density at radius 2 is 1.91 bits per heavy atom. The number of H-pyrrole nitrogens is 1. The van der Waals surface area contributed by atoms with E-state index in [0.717, 1.165) is 22.8 Å². The van der Waals surface area contributed by atoms with Gasteiger partial charge in [0.05, 0.1) is 11.0 Å². The van der Waals surface area contributed by atoms with E-state index in [4.69, 9.17) is 5.73 Å². The molecular weight excluding hydrogens is 292 g/mol. The van der Waals surface area contributed by atoms with Gasteiger partial charge in [0, 0.05) is 11.3 Å². The predicted molar refractivity (Wildman–Crippen MR) is 77.8 cm³/mol. The predicted octanol–water partition coefficient (Wildman–Crippen LogP) is 2.19. The van der Waals surface area contributed by atoms with Crippen molar-refractivity contribution in [2.24, 2.45) is 0 Å². The average molecular weight is 303 g/mol. The Balaban J connectivity index is 2.23. The van der Waals surface area contributed by atoms with Crippen molar-refractivity contribution in [3.63, 3.8) is 0 Å². The summed E-state index contributed by atoms with van der Waals surface area (Å²) in [5.74, 6) is -2.97. The van der Waals surface area contributed by atoms with Gasteiger partial charge in [-0.25, -0.2) is 18.1 Å². The number of halogens is 2. The summed E-state index contributed by atoms with van der Waals surface area (Å²) in [5.41, 5.74) is 6.85. The van der Waals surface area contributed by atoms with Crippen molar-refractivity contribution in [2.75, 3.05) is 5.73 Å². The van der Waals surface area contributed by atoms with Gasteiger partial charge < -0.3 is 10.7 Å². The second kappa shape index (κ2) is 4.80. The highest BCUT2D eigenvalue weighted by Crippen LogP contribution is 2.20. The fraction of sp³-hybridized carbons (Fsp3) is 0.0667. The maximum atomic E-state index is 13.3. The number of anilines is 1. The largest absolute Gasteiger partial charge is 0.398 e. The molecule has 1 heterocycles. The van der Waals surface area contributed by atoms with E-state index < -0.39 is 23.2 Å². The van der Waals surface area contributed by atoms with Gasteiger partial charge in [0.2, 0.25) is 0 Å². The number of nitrogens with zero attached hydrogens (tertiary/aromatic N) is 1. The molecule has 0 saturated carbocycles. The van der Waals surface area contributed by atoms with Gasteiger partial charge in [-0.1, -0.05) is 0 Å². The van der Waals surface area contributed by atoms with Crippen LogP contribution in [0.5, 0.6) is 0 Å². The molecule has 3 N–H and O–H groups in total. The lowest BCUT2D eigenvalue weighted by Crippen LogP contribution is -2.25. The molecule has 1 aromatic heterocycles. The zero-order chi connectivity index (χ0) is 16.0. The summed E-state index contributed by atoms with van der Waals surface area (Å²) in [5, 5.41) is 0. The molecule has 22 heavy (non-hydrogen) atoms. The number of imidazole rings is 1. The van der Waals surface area contributed by atoms with E-state index in [-0.39, 0.29) is 5.56 Å². The third kappa shape index (κ3) is 2.07. The molecule has 0 radical (unpaired) electrons. The van der Waals surface area contributed by atoms with Gasteiger partial charge in [0.1, 0.15) is 0 Å². The van der Waals surface area contributed by atoms with Crippen molar-refractivity contribution in [1.82, 2.24) is 9.55 Å². The first-order chi connectivity index (χ1) is 10.4. The molecule has 0 atom stereocenters. The number of nitrogens with one attached hydrogen (secondary N) is 1. The number of nitrogen functional groups attached to an aromatic ring is 1. The van der Waals surface area contributed by atoms with Crippen molar-refractivity contribution in [2.45, 2.75) is 6.92 Å². The highest BCUT2D eigenvalue weighted by Gasteiger charge is 2.18. The van der Waals surface area contributed by atoms with Crippen LogP contribution in [0.1, 0.15) is 15.9 Å². The SMILES string of the molecule is Cc1cc2c(cc1N)[nH]c(=O)n2C(=O)c1ccc(F)c(F)c1. The smallest absolute Gasteiger partial charge is 0.333 e. The Morgan fingerprint density at radius 1 is 1.18 bits per heavy atom. The molecule has 2 aromatic carbocycles. The third-order valence-electron chi connectivity index (χ3n) is 3.44. The maximum Gasteiger partial charge on any atom is 0.333 e. The zero-order valence-electron chi connectivity index (χ0n) is 11.5. The van der Waals surface area contributed by atoms with Crippen LogP contribution in [-0.4, -0.2) is 15.5 Å². The highest BCUT2D eigenvalue weighted by atomic mass is 19.2. The van der Waals surface area contributed by atoms with Crippen LogP contribution < -0.4 is 11.4 Å². The van der Waals surface area contributed by atoms with Crippen LogP contribution in [0.4, 0.5) is 14.5 Å². The van der Waals surface area contributed by atoms with Crippen molar-refractivity contribution in [3.05, 3.63) is 63.6 Å². The summed E-state index contributed by atoms with van der Waals surface area (Å²) < 4.78 is 27.1. The molecule has 0 bridgehead atoms. The molecule has 5 nitrogen and oxygen atoms in total. The lowest BCUT2D eigenvalue weighted by Gasteiger charge is -2.05. The number of aromatic amines is 1. The third-order valence-corrected chi connectivity index (χ3v) is 3.44. The number of fused-ring (bicyclic) bond motifs is 1. The van der Waals surface area contributed by atoms with E-state index >= 15 is 0 Å². The van der Waals surface area contributed by atoms with E-state index in [1.807, 2.05) is 0 Å². The summed E-state index contributed by atoms with van der Waals surface area (Å²) >= 11 is 0. The van der Waals surface area contributed by atoms with E-state index in [2.05, 4.69) is 4.98 Å². The Kier molecular flexibility index (Phi) is 3.05. The van der Waals surface area contributed by atoms with Crippen molar-refractivity contribution in [3.8, 4) is 0 Å². The molecule has 0 aliphatic heterocycles. The Bertz CT molecular complexity index is 973. The average Bonchev–Trinajstić information content (AvgIpc) is 2.77. The Morgan fingerprint density at radius 3 is 2.59 bits per heavy atom. The molecule has 112 valence electrons. The van der Waals surface area contributed by atoms with Crippen LogP contribution in [0, 0.1) is 18.6 Å². The van der Waals surface area contributed by atoms with Gasteiger partial charge in [-0.15, -0.1) is 0 Å². The second-order valence-electron chi connectivity index (χ2n) is 4.93. The maximum absolute atomic E-state index is 13.3. The fourth-order valence-electron chi connectivity index (χ4n) is 2.23. The molecule has 3 rings (SSSR count). The lowest BCUT2D eigenvalue weighted by atomic mass is 10.1. The molecular formula is C15H11F2N3O2. The molecule has 0 fully saturated rings. The molecule has 0 spiro atoms.